The normalized spacial score (nSPS) is 12.6. The Morgan fingerprint density at radius 3 is 2.65 bits per heavy atom. The average molecular weight is 231 g/mol. The molecule has 4 heteroatoms. The van der Waals surface area contributed by atoms with Crippen LogP contribution in [0.1, 0.15) is 29.9 Å². The lowest BCUT2D eigenvalue weighted by molar-refractivity contribution is 0.545. The molecule has 1 aromatic heterocycles. The van der Waals surface area contributed by atoms with E-state index in [-0.39, 0.29) is 5.43 Å². The zero-order chi connectivity index (χ0) is 12.6. The molecular weight excluding hydrogens is 218 g/mol. The first-order valence-electron chi connectivity index (χ1n) is 5.41. The first kappa shape index (κ1) is 11.5. The molecule has 0 aliphatic rings. The lowest BCUT2D eigenvalue weighted by atomic mass is 10.0. The average Bonchev–Trinajstić information content (AvgIpc) is 2.30. The van der Waals surface area contributed by atoms with E-state index in [4.69, 9.17) is 4.42 Å². The van der Waals surface area contributed by atoms with Crippen molar-refractivity contribution in [1.29, 1.82) is 0 Å². The minimum atomic E-state index is -0.684. The van der Waals surface area contributed by atoms with E-state index in [1.807, 2.05) is 13.0 Å². The first-order chi connectivity index (χ1) is 8.04. The second kappa shape index (κ2) is 4.13. The Hall–Kier alpha value is -1.97. The number of nitrogens with zero attached hydrogens (tertiary/aromatic N) is 1. The largest absolute Gasteiger partial charge is 0.461 e. The molecule has 88 valence electrons. The topological polar surface area (TPSA) is 59.6 Å². The molecule has 0 bridgehead atoms. The Morgan fingerprint density at radius 1 is 1.29 bits per heavy atom. The standard InChI is InChI=1S/C13H13NO3/c1-7-4-5-11-10(6-7)13(15)12(8(2)14-16)9(3)17-11/h4-6,8H,1-3H3. The summed E-state index contributed by atoms with van der Waals surface area (Å²) in [6.07, 6.45) is 0. The highest BCUT2D eigenvalue weighted by atomic mass is 16.3. The van der Waals surface area contributed by atoms with Gasteiger partial charge in [-0.3, -0.25) is 4.79 Å². The lowest BCUT2D eigenvalue weighted by Gasteiger charge is -2.08. The highest BCUT2D eigenvalue weighted by Gasteiger charge is 2.17. The number of hydrogen-bond donors (Lipinski definition) is 0. The number of benzene rings is 1. The van der Waals surface area contributed by atoms with E-state index in [1.54, 1.807) is 26.0 Å². The molecule has 0 N–H and O–H groups in total. The fourth-order valence-corrected chi connectivity index (χ4v) is 1.97. The van der Waals surface area contributed by atoms with Crippen molar-refractivity contribution in [1.82, 2.24) is 0 Å². The van der Waals surface area contributed by atoms with Gasteiger partial charge in [-0.05, 0) is 32.9 Å². The van der Waals surface area contributed by atoms with Crippen LogP contribution in [0.5, 0.6) is 0 Å². The molecule has 0 fully saturated rings. The van der Waals surface area contributed by atoms with Gasteiger partial charge in [-0.1, -0.05) is 16.8 Å². The van der Waals surface area contributed by atoms with Gasteiger partial charge in [-0.25, -0.2) is 0 Å². The summed E-state index contributed by atoms with van der Waals surface area (Å²) in [4.78, 5) is 22.8. The zero-order valence-electron chi connectivity index (χ0n) is 9.98. The molecule has 0 saturated heterocycles. The molecular formula is C13H13NO3. The number of aryl methyl sites for hydroxylation is 2. The number of fused-ring (bicyclic) bond motifs is 1. The van der Waals surface area contributed by atoms with Crippen molar-refractivity contribution < 1.29 is 4.42 Å². The van der Waals surface area contributed by atoms with E-state index in [1.165, 1.54) is 0 Å². The third-order valence-electron chi connectivity index (χ3n) is 2.84. The number of hydrogen-bond acceptors (Lipinski definition) is 4. The quantitative estimate of drug-likeness (QED) is 0.745. The summed E-state index contributed by atoms with van der Waals surface area (Å²) in [7, 11) is 0. The van der Waals surface area contributed by atoms with Crippen LogP contribution < -0.4 is 5.43 Å². The first-order valence-corrected chi connectivity index (χ1v) is 5.41. The second-order valence-electron chi connectivity index (χ2n) is 4.18. The fourth-order valence-electron chi connectivity index (χ4n) is 1.97. The van der Waals surface area contributed by atoms with Crippen LogP contribution in [0, 0.1) is 18.8 Å². The maximum absolute atomic E-state index is 12.2. The maximum Gasteiger partial charge on any atom is 0.198 e. The number of nitroso groups, excluding NO2 is 1. The molecule has 2 aromatic rings. The Morgan fingerprint density at radius 2 is 2.00 bits per heavy atom. The number of rotatable bonds is 2. The summed E-state index contributed by atoms with van der Waals surface area (Å²) in [5.41, 5.74) is 1.70. The Labute approximate surface area is 98.2 Å². The molecule has 2 rings (SSSR count). The fraction of sp³-hybridized carbons (Fsp3) is 0.308. The van der Waals surface area contributed by atoms with Crippen LogP contribution in [0.15, 0.2) is 32.6 Å². The van der Waals surface area contributed by atoms with E-state index >= 15 is 0 Å². The third-order valence-corrected chi connectivity index (χ3v) is 2.84. The predicted octanol–water partition coefficient (Wildman–Crippen LogP) is 3.24. The van der Waals surface area contributed by atoms with Gasteiger partial charge in [-0.2, -0.15) is 4.91 Å². The molecule has 1 heterocycles. The van der Waals surface area contributed by atoms with Gasteiger partial charge in [0.2, 0.25) is 0 Å². The van der Waals surface area contributed by atoms with Gasteiger partial charge in [0.15, 0.2) is 5.43 Å². The van der Waals surface area contributed by atoms with E-state index in [9.17, 15) is 9.70 Å². The Balaban J connectivity index is 2.87. The summed E-state index contributed by atoms with van der Waals surface area (Å²) in [6.45, 7) is 5.17. The van der Waals surface area contributed by atoms with Crippen LogP contribution >= 0.6 is 0 Å². The molecule has 0 amide bonds. The van der Waals surface area contributed by atoms with Gasteiger partial charge in [0.25, 0.3) is 0 Å². The highest BCUT2D eigenvalue weighted by Crippen LogP contribution is 2.22. The van der Waals surface area contributed by atoms with Crippen molar-refractivity contribution in [2.75, 3.05) is 0 Å². The van der Waals surface area contributed by atoms with Crippen LogP contribution in [0.25, 0.3) is 11.0 Å². The minimum absolute atomic E-state index is 0.167. The van der Waals surface area contributed by atoms with Crippen molar-refractivity contribution in [2.45, 2.75) is 26.8 Å². The van der Waals surface area contributed by atoms with E-state index in [2.05, 4.69) is 5.18 Å². The zero-order valence-corrected chi connectivity index (χ0v) is 9.98. The smallest absolute Gasteiger partial charge is 0.198 e. The van der Waals surface area contributed by atoms with Crippen LogP contribution in [0.4, 0.5) is 0 Å². The van der Waals surface area contributed by atoms with Crippen LogP contribution in [0.2, 0.25) is 0 Å². The molecule has 1 aromatic carbocycles. The van der Waals surface area contributed by atoms with Crippen molar-refractivity contribution >= 4 is 11.0 Å². The summed E-state index contributed by atoms with van der Waals surface area (Å²) in [5.74, 6) is 0.457. The van der Waals surface area contributed by atoms with Crippen LogP contribution in [-0.2, 0) is 0 Å². The molecule has 1 atom stereocenters. The molecule has 0 spiro atoms. The predicted molar refractivity (Wildman–Crippen MR) is 66.2 cm³/mol. The summed E-state index contributed by atoms with van der Waals surface area (Å²) in [5, 5.41) is 3.40. The van der Waals surface area contributed by atoms with Gasteiger partial charge in [-0.15, -0.1) is 0 Å². The van der Waals surface area contributed by atoms with Crippen molar-refractivity contribution in [2.24, 2.45) is 5.18 Å². The van der Waals surface area contributed by atoms with E-state index in [0.717, 1.165) is 5.56 Å². The highest BCUT2D eigenvalue weighted by molar-refractivity contribution is 5.78. The van der Waals surface area contributed by atoms with Gasteiger partial charge >= 0.3 is 0 Å². The molecule has 0 saturated carbocycles. The monoisotopic (exact) mass is 231 g/mol. The van der Waals surface area contributed by atoms with Crippen molar-refractivity contribution in [3.63, 3.8) is 0 Å². The second-order valence-corrected chi connectivity index (χ2v) is 4.18. The van der Waals surface area contributed by atoms with Crippen molar-refractivity contribution in [3.05, 3.63) is 50.2 Å². The molecule has 0 aliphatic heterocycles. The lowest BCUT2D eigenvalue weighted by Crippen LogP contribution is -2.13. The van der Waals surface area contributed by atoms with Crippen LogP contribution in [-0.4, -0.2) is 0 Å². The molecule has 17 heavy (non-hydrogen) atoms. The maximum atomic E-state index is 12.2. The summed E-state index contributed by atoms with van der Waals surface area (Å²) < 4.78 is 5.55. The van der Waals surface area contributed by atoms with Crippen molar-refractivity contribution in [3.8, 4) is 0 Å². The van der Waals surface area contributed by atoms with Gasteiger partial charge in [0.1, 0.15) is 17.4 Å². The van der Waals surface area contributed by atoms with Gasteiger partial charge in [0, 0.05) is 0 Å². The molecule has 0 radical (unpaired) electrons. The minimum Gasteiger partial charge on any atom is -0.461 e. The summed E-state index contributed by atoms with van der Waals surface area (Å²) >= 11 is 0. The van der Waals surface area contributed by atoms with E-state index in [0.29, 0.717) is 22.3 Å². The molecule has 1 unspecified atom stereocenters. The van der Waals surface area contributed by atoms with Gasteiger partial charge < -0.3 is 4.42 Å². The summed E-state index contributed by atoms with van der Waals surface area (Å²) in [6, 6.07) is 4.73. The van der Waals surface area contributed by atoms with E-state index < -0.39 is 6.04 Å². The molecule has 0 aliphatic carbocycles. The SMILES string of the molecule is Cc1ccc2oc(C)c(C(C)N=O)c(=O)c2c1. The Bertz CT molecular complexity index is 643. The Kier molecular flexibility index (Phi) is 2.79. The van der Waals surface area contributed by atoms with Crippen LogP contribution in [0.3, 0.4) is 0 Å². The molecule has 4 nitrogen and oxygen atoms in total. The van der Waals surface area contributed by atoms with Gasteiger partial charge in [0.05, 0.1) is 10.9 Å². The third kappa shape index (κ3) is 1.86.